The molecule has 0 aliphatic carbocycles. The predicted octanol–water partition coefficient (Wildman–Crippen LogP) is 3.62. The Morgan fingerprint density at radius 2 is 1.52 bits per heavy atom. The van der Waals surface area contributed by atoms with Crippen molar-refractivity contribution in [2.45, 2.75) is 20.0 Å². The molecule has 21 heavy (non-hydrogen) atoms. The lowest BCUT2D eigenvalue weighted by molar-refractivity contribution is -0.137. The SMILES string of the molecule is C=Cc1ccc([B]c2c(C)cc(C(F)(F)F)cc2C)cc1. The van der Waals surface area contributed by atoms with Gasteiger partial charge in [0.1, 0.15) is 0 Å². The summed E-state index contributed by atoms with van der Waals surface area (Å²) in [5.74, 6) is 0. The van der Waals surface area contributed by atoms with Gasteiger partial charge in [0.15, 0.2) is 7.28 Å². The highest BCUT2D eigenvalue weighted by atomic mass is 19.4. The highest BCUT2D eigenvalue weighted by Gasteiger charge is 2.31. The van der Waals surface area contributed by atoms with Gasteiger partial charge in [-0.2, -0.15) is 13.2 Å². The van der Waals surface area contributed by atoms with Crippen molar-refractivity contribution in [3.05, 3.63) is 65.2 Å². The molecule has 0 aromatic heterocycles. The smallest absolute Gasteiger partial charge is 0.166 e. The van der Waals surface area contributed by atoms with E-state index in [1.54, 1.807) is 19.9 Å². The van der Waals surface area contributed by atoms with E-state index in [4.69, 9.17) is 0 Å². The van der Waals surface area contributed by atoms with Gasteiger partial charge in [0, 0.05) is 0 Å². The molecule has 0 aliphatic rings. The first-order valence-corrected chi connectivity index (χ1v) is 6.57. The Morgan fingerprint density at radius 3 is 1.95 bits per heavy atom. The largest absolute Gasteiger partial charge is 0.416 e. The van der Waals surface area contributed by atoms with Crippen molar-refractivity contribution >= 4 is 24.3 Å². The third-order valence-corrected chi connectivity index (χ3v) is 3.40. The molecule has 1 radical (unpaired) electrons. The lowest BCUT2D eigenvalue weighted by atomic mass is 9.61. The molecule has 2 rings (SSSR count). The van der Waals surface area contributed by atoms with E-state index in [-0.39, 0.29) is 0 Å². The Bertz CT molecular complexity index is 632. The monoisotopic (exact) mass is 287 g/mol. The van der Waals surface area contributed by atoms with Crippen LogP contribution < -0.4 is 10.9 Å². The van der Waals surface area contributed by atoms with Gasteiger partial charge in [-0.15, -0.1) is 0 Å². The third kappa shape index (κ3) is 3.57. The van der Waals surface area contributed by atoms with Crippen LogP contribution in [0.15, 0.2) is 43.0 Å². The first-order chi connectivity index (χ1) is 9.81. The average Bonchev–Trinajstić information content (AvgIpc) is 2.42. The molecule has 0 heterocycles. The number of aryl methyl sites for hydroxylation is 2. The van der Waals surface area contributed by atoms with Gasteiger partial charge in [-0.1, -0.05) is 59.0 Å². The molecule has 0 nitrogen and oxygen atoms in total. The summed E-state index contributed by atoms with van der Waals surface area (Å²) >= 11 is 0. The van der Waals surface area contributed by atoms with Gasteiger partial charge in [0.2, 0.25) is 0 Å². The summed E-state index contributed by atoms with van der Waals surface area (Å²) in [6, 6.07) is 10.1. The molecule has 0 fully saturated rings. The van der Waals surface area contributed by atoms with Crippen LogP contribution in [0, 0.1) is 13.8 Å². The van der Waals surface area contributed by atoms with E-state index < -0.39 is 11.7 Å². The Labute approximate surface area is 123 Å². The van der Waals surface area contributed by atoms with Crippen molar-refractivity contribution in [2.75, 3.05) is 0 Å². The highest BCUT2D eigenvalue weighted by Crippen LogP contribution is 2.29. The summed E-state index contributed by atoms with van der Waals surface area (Å²) in [7, 11) is 1.90. The van der Waals surface area contributed by atoms with Gasteiger partial charge in [-0.3, -0.25) is 0 Å². The normalized spacial score (nSPS) is 11.3. The molecule has 0 atom stereocenters. The van der Waals surface area contributed by atoms with E-state index in [2.05, 4.69) is 6.58 Å². The molecule has 107 valence electrons. The van der Waals surface area contributed by atoms with Gasteiger partial charge >= 0.3 is 6.18 Å². The maximum absolute atomic E-state index is 12.8. The van der Waals surface area contributed by atoms with Gasteiger partial charge in [0.05, 0.1) is 5.56 Å². The van der Waals surface area contributed by atoms with E-state index in [1.807, 2.05) is 31.5 Å². The molecular weight excluding hydrogens is 272 g/mol. The fourth-order valence-corrected chi connectivity index (χ4v) is 2.26. The molecule has 0 saturated heterocycles. The quantitative estimate of drug-likeness (QED) is 0.756. The third-order valence-electron chi connectivity index (χ3n) is 3.40. The standard InChI is InChI=1S/C17H15BF3/c1-4-13-5-7-15(8-6-13)18-16-11(2)9-14(10-12(16)3)17(19,20)21/h4-10H,1H2,2-3H3. The summed E-state index contributed by atoms with van der Waals surface area (Å²) in [4.78, 5) is 0. The molecule has 0 spiro atoms. The Morgan fingerprint density at radius 1 is 1.00 bits per heavy atom. The van der Waals surface area contributed by atoms with Crippen molar-refractivity contribution in [2.24, 2.45) is 0 Å². The average molecular weight is 287 g/mol. The lowest BCUT2D eigenvalue weighted by Gasteiger charge is -2.14. The molecule has 0 aliphatic heterocycles. The summed E-state index contributed by atoms with van der Waals surface area (Å²) in [6.45, 7) is 7.09. The predicted molar refractivity (Wildman–Crippen MR) is 82.5 cm³/mol. The van der Waals surface area contributed by atoms with Gasteiger partial charge in [-0.05, 0) is 31.5 Å². The molecule has 4 heteroatoms. The van der Waals surface area contributed by atoms with Gasteiger partial charge in [-0.25, -0.2) is 0 Å². The van der Waals surface area contributed by atoms with Crippen molar-refractivity contribution in [3.8, 4) is 0 Å². The van der Waals surface area contributed by atoms with Crippen molar-refractivity contribution < 1.29 is 13.2 Å². The van der Waals surface area contributed by atoms with Gasteiger partial charge in [0.25, 0.3) is 0 Å². The molecule has 0 amide bonds. The topological polar surface area (TPSA) is 0 Å². The zero-order valence-corrected chi connectivity index (χ0v) is 12.0. The Hall–Kier alpha value is -1.97. The summed E-state index contributed by atoms with van der Waals surface area (Å²) < 4.78 is 38.3. The molecule has 0 unspecified atom stereocenters. The molecule has 0 N–H and O–H groups in total. The molecule has 0 bridgehead atoms. The van der Waals surface area contributed by atoms with Crippen LogP contribution in [-0.4, -0.2) is 7.28 Å². The van der Waals surface area contributed by atoms with E-state index in [0.29, 0.717) is 11.1 Å². The van der Waals surface area contributed by atoms with E-state index >= 15 is 0 Å². The number of alkyl halides is 3. The van der Waals surface area contributed by atoms with Crippen LogP contribution in [0.5, 0.6) is 0 Å². The summed E-state index contributed by atoms with van der Waals surface area (Å²) in [6.07, 6.45) is -2.56. The first-order valence-electron chi connectivity index (χ1n) is 6.57. The van der Waals surface area contributed by atoms with E-state index in [0.717, 1.165) is 16.5 Å². The van der Waals surface area contributed by atoms with Crippen LogP contribution >= 0.6 is 0 Å². The van der Waals surface area contributed by atoms with Crippen molar-refractivity contribution in [1.82, 2.24) is 0 Å². The first kappa shape index (κ1) is 15.4. The minimum atomic E-state index is -4.31. The van der Waals surface area contributed by atoms with E-state index in [1.165, 1.54) is 12.1 Å². The van der Waals surface area contributed by atoms with Crippen LogP contribution in [0.2, 0.25) is 0 Å². The second-order valence-corrected chi connectivity index (χ2v) is 5.04. The number of benzene rings is 2. The van der Waals surface area contributed by atoms with Crippen molar-refractivity contribution in [1.29, 1.82) is 0 Å². The second-order valence-electron chi connectivity index (χ2n) is 5.04. The second kappa shape index (κ2) is 5.80. The minimum absolute atomic E-state index is 0.600. The zero-order valence-electron chi connectivity index (χ0n) is 12.0. The number of rotatable bonds is 3. The lowest BCUT2D eigenvalue weighted by Crippen LogP contribution is -2.31. The maximum Gasteiger partial charge on any atom is 0.416 e. The van der Waals surface area contributed by atoms with Crippen LogP contribution in [0.25, 0.3) is 6.08 Å². The van der Waals surface area contributed by atoms with Gasteiger partial charge < -0.3 is 0 Å². The summed E-state index contributed by atoms with van der Waals surface area (Å²) in [5, 5.41) is 0. The maximum atomic E-state index is 12.8. The molecule has 0 saturated carbocycles. The Balaban J connectivity index is 2.33. The summed E-state index contributed by atoms with van der Waals surface area (Å²) in [5.41, 5.74) is 3.43. The molecule has 2 aromatic rings. The zero-order chi connectivity index (χ0) is 15.6. The number of hydrogen-bond acceptors (Lipinski definition) is 0. The van der Waals surface area contributed by atoms with Crippen LogP contribution in [-0.2, 0) is 6.18 Å². The Kier molecular flexibility index (Phi) is 4.26. The molecular formula is C17H15BF3. The molecule has 2 aromatic carbocycles. The highest BCUT2D eigenvalue weighted by molar-refractivity contribution is 6.68. The van der Waals surface area contributed by atoms with Crippen LogP contribution in [0.1, 0.15) is 22.3 Å². The number of halogens is 3. The van der Waals surface area contributed by atoms with Crippen LogP contribution in [0.3, 0.4) is 0 Å². The minimum Gasteiger partial charge on any atom is -0.166 e. The van der Waals surface area contributed by atoms with Crippen LogP contribution in [0.4, 0.5) is 13.2 Å². The van der Waals surface area contributed by atoms with E-state index in [9.17, 15) is 13.2 Å². The fraction of sp³-hybridized carbons (Fsp3) is 0.176. The number of hydrogen-bond donors (Lipinski definition) is 0. The van der Waals surface area contributed by atoms with Crippen molar-refractivity contribution in [3.63, 3.8) is 0 Å². The fourth-order valence-electron chi connectivity index (χ4n) is 2.26.